The van der Waals surface area contributed by atoms with Gasteiger partial charge in [-0.05, 0) is 43.7 Å². The first kappa shape index (κ1) is 17.0. The molecule has 4 nitrogen and oxygen atoms in total. The number of aromatic nitrogens is 1. The van der Waals surface area contributed by atoms with Crippen molar-refractivity contribution in [2.24, 2.45) is 5.92 Å². The van der Waals surface area contributed by atoms with Crippen molar-refractivity contribution >= 4 is 32.6 Å². The van der Waals surface area contributed by atoms with E-state index in [2.05, 4.69) is 25.1 Å². The van der Waals surface area contributed by atoms with Crippen molar-refractivity contribution in [3.05, 3.63) is 23.8 Å². The molecule has 0 N–H and O–H groups in total. The van der Waals surface area contributed by atoms with Crippen molar-refractivity contribution < 1.29 is 9.53 Å². The average molecular weight is 359 g/mol. The smallest absolute Gasteiger partial charge is 0.231 e. The van der Waals surface area contributed by atoms with Gasteiger partial charge in [0.2, 0.25) is 5.91 Å². The molecule has 2 fully saturated rings. The number of hydrogen-bond acceptors (Lipinski definition) is 4. The van der Waals surface area contributed by atoms with Crippen LogP contribution in [0.5, 0.6) is 0 Å². The van der Waals surface area contributed by atoms with Gasteiger partial charge < -0.3 is 4.74 Å². The maximum absolute atomic E-state index is 13.2. The van der Waals surface area contributed by atoms with Gasteiger partial charge >= 0.3 is 0 Å². The first-order valence-electron chi connectivity index (χ1n) is 9.57. The van der Waals surface area contributed by atoms with E-state index in [4.69, 9.17) is 9.72 Å². The van der Waals surface area contributed by atoms with Crippen LogP contribution >= 0.6 is 11.3 Å². The van der Waals surface area contributed by atoms with Crippen molar-refractivity contribution in [2.75, 3.05) is 18.1 Å². The van der Waals surface area contributed by atoms with Crippen molar-refractivity contribution in [1.29, 1.82) is 0 Å². The highest BCUT2D eigenvalue weighted by Crippen LogP contribution is 2.35. The van der Waals surface area contributed by atoms with Gasteiger partial charge in [-0.25, -0.2) is 4.98 Å². The van der Waals surface area contributed by atoms with Gasteiger partial charge in [0.1, 0.15) is 0 Å². The van der Waals surface area contributed by atoms with Gasteiger partial charge in [0.25, 0.3) is 0 Å². The molecular weight excluding hydrogens is 332 g/mol. The lowest BCUT2D eigenvalue weighted by Crippen LogP contribution is -2.40. The number of amides is 1. The number of para-hydroxylation sites is 1. The molecule has 1 aromatic heterocycles. The van der Waals surface area contributed by atoms with Crippen molar-refractivity contribution in [3.8, 4) is 0 Å². The summed E-state index contributed by atoms with van der Waals surface area (Å²) in [7, 11) is 0. The summed E-state index contributed by atoms with van der Waals surface area (Å²) in [5.74, 6) is 0.421. The summed E-state index contributed by atoms with van der Waals surface area (Å²) in [5.41, 5.74) is 2.31. The highest BCUT2D eigenvalue weighted by atomic mass is 32.1. The molecule has 4 rings (SSSR count). The van der Waals surface area contributed by atoms with E-state index in [1.165, 1.54) is 23.1 Å². The molecule has 0 spiro atoms. The van der Waals surface area contributed by atoms with Crippen LogP contribution in [0.2, 0.25) is 0 Å². The quantitative estimate of drug-likeness (QED) is 0.787. The van der Waals surface area contributed by atoms with Crippen molar-refractivity contribution in [2.45, 2.75) is 58.0 Å². The van der Waals surface area contributed by atoms with Crippen LogP contribution in [0.1, 0.15) is 51.0 Å². The third kappa shape index (κ3) is 3.44. The first-order valence-corrected chi connectivity index (χ1v) is 10.4. The van der Waals surface area contributed by atoms with Crippen LogP contribution in [0.15, 0.2) is 18.2 Å². The molecule has 2 aromatic rings. The van der Waals surface area contributed by atoms with Crippen LogP contribution in [0.4, 0.5) is 5.13 Å². The van der Waals surface area contributed by atoms with Crippen molar-refractivity contribution in [1.82, 2.24) is 4.98 Å². The SMILES string of the molecule is CCc1cccc2sc(N(CC3CCCO3)C(=O)C3CCCC3)nc12. The number of aryl methyl sites for hydroxylation is 1. The Morgan fingerprint density at radius 3 is 2.84 bits per heavy atom. The number of anilines is 1. The van der Waals surface area contributed by atoms with Crippen LogP contribution in [0.25, 0.3) is 10.2 Å². The standard InChI is InChI=1S/C20H26N2O2S/c1-2-14-9-5-11-17-18(14)21-20(25-17)22(13-16-10-6-12-24-16)19(23)15-7-3-4-8-15/h5,9,11,15-16H,2-4,6-8,10,12-13H2,1H3. The lowest BCUT2D eigenvalue weighted by molar-refractivity contribution is -0.122. The molecular formula is C20H26N2O2S. The van der Waals surface area contributed by atoms with Gasteiger partial charge in [-0.3, -0.25) is 9.69 Å². The lowest BCUT2D eigenvalue weighted by atomic mass is 10.1. The molecule has 5 heteroatoms. The Morgan fingerprint density at radius 1 is 1.28 bits per heavy atom. The predicted molar refractivity (Wildman–Crippen MR) is 102 cm³/mol. The summed E-state index contributed by atoms with van der Waals surface area (Å²) in [6, 6.07) is 6.33. The molecule has 1 aliphatic heterocycles. The van der Waals surface area contributed by atoms with E-state index in [1.54, 1.807) is 11.3 Å². The topological polar surface area (TPSA) is 42.4 Å². The van der Waals surface area contributed by atoms with Crippen LogP contribution in [0, 0.1) is 5.92 Å². The van der Waals surface area contributed by atoms with E-state index in [9.17, 15) is 4.79 Å². The molecule has 134 valence electrons. The Morgan fingerprint density at radius 2 is 2.12 bits per heavy atom. The zero-order chi connectivity index (χ0) is 17.2. The van der Waals surface area contributed by atoms with Gasteiger partial charge in [-0.1, -0.05) is 43.2 Å². The molecule has 1 saturated carbocycles. The van der Waals surface area contributed by atoms with Crippen LogP contribution < -0.4 is 4.90 Å². The first-order chi connectivity index (χ1) is 12.3. The predicted octanol–water partition coefficient (Wildman–Crippen LogP) is 4.56. The maximum Gasteiger partial charge on any atom is 0.231 e. The summed E-state index contributed by atoms with van der Waals surface area (Å²) in [4.78, 5) is 20.0. The zero-order valence-corrected chi connectivity index (χ0v) is 15.7. The van der Waals surface area contributed by atoms with E-state index < -0.39 is 0 Å². The number of ether oxygens (including phenoxy) is 1. The number of thiazole rings is 1. The molecule has 1 amide bonds. The Hall–Kier alpha value is -1.46. The number of nitrogens with zero attached hydrogens (tertiary/aromatic N) is 2. The molecule has 1 unspecified atom stereocenters. The Labute approximate surface area is 153 Å². The Kier molecular flexibility index (Phi) is 5.04. The van der Waals surface area contributed by atoms with E-state index in [0.717, 1.165) is 49.4 Å². The minimum absolute atomic E-state index is 0.156. The second kappa shape index (κ2) is 7.42. The average Bonchev–Trinajstić information content (AvgIpc) is 3.39. The van der Waals surface area contributed by atoms with Gasteiger partial charge in [-0.15, -0.1) is 0 Å². The fourth-order valence-electron chi connectivity index (χ4n) is 4.04. The number of hydrogen-bond donors (Lipinski definition) is 0. The van der Waals surface area contributed by atoms with E-state index in [1.807, 2.05) is 4.90 Å². The molecule has 1 saturated heterocycles. The Balaban J connectivity index is 1.67. The largest absolute Gasteiger partial charge is 0.376 e. The summed E-state index contributed by atoms with van der Waals surface area (Å²) in [5, 5.41) is 0.850. The second-order valence-electron chi connectivity index (χ2n) is 7.18. The summed E-state index contributed by atoms with van der Waals surface area (Å²) < 4.78 is 6.99. The second-order valence-corrected chi connectivity index (χ2v) is 8.19. The number of benzene rings is 1. The fourth-order valence-corrected chi connectivity index (χ4v) is 5.07. The van der Waals surface area contributed by atoms with Crippen LogP contribution in [0.3, 0.4) is 0 Å². The van der Waals surface area contributed by atoms with Gasteiger partial charge in [0.15, 0.2) is 5.13 Å². The highest BCUT2D eigenvalue weighted by molar-refractivity contribution is 7.22. The molecule has 2 heterocycles. The normalized spacial score (nSPS) is 21.2. The molecule has 25 heavy (non-hydrogen) atoms. The summed E-state index contributed by atoms with van der Waals surface area (Å²) in [6.07, 6.45) is 7.63. The van der Waals surface area contributed by atoms with E-state index in [0.29, 0.717) is 6.54 Å². The number of carbonyl (C=O) groups excluding carboxylic acids is 1. The molecule has 0 radical (unpaired) electrons. The summed E-state index contributed by atoms with van der Waals surface area (Å²) in [6.45, 7) is 3.62. The Bertz CT molecular complexity index is 745. The molecule has 0 bridgehead atoms. The van der Waals surface area contributed by atoms with Gasteiger partial charge in [0.05, 0.1) is 22.9 Å². The van der Waals surface area contributed by atoms with Gasteiger partial charge in [0, 0.05) is 12.5 Å². The third-order valence-corrected chi connectivity index (χ3v) is 6.53. The van der Waals surface area contributed by atoms with E-state index >= 15 is 0 Å². The number of rotatable bonds is 5. The van der Waals surface area contributed by atoms with Crippen LogP contribution in [-0.4, -0.2) is 30.1 Å². The fraction of sp³-hybridized carbons (Fsp3) is 0.600. The number of carbonyl (C=O) groups is 1. The van der Waals surface area contributed by atoms with Crippen molar-refractivity contribution in [3.63, 3.8) is 0 Å². The molecule has 1 atom stereocenters. The van der Waals surface area contributed by atoms with Gasteiger partial charge in [-0.2, -0.15) is 0 Å². The minimum Gasteiger partial charge on any atom is -0.376 e. The summed E-state index contributed by atoms with van der Waals surface area (Å²) >= 11 is 1.64. The third-order valence-electron chi connectivity index (χ3n) is 5.48. The monoisotopic (exact) mass is 358 g/mol. The van der Waals surface area contributed by atoms with Crippen LogP contribution in [-0.2, 0) is 16.0 Å². The molecule has 2 aliphatic rings. The van der Waals surface area contributed by atoms with E-state index in [-0.39, 0.29) is 17.9 Å². The molecule has 1 aliphatic carbocycles. The highest BCUT2D eigenvalue weighted by Gasteiger charge is 2.32. The maximum atomic E-state index is 13.2. The number of fused-ring (bicyclic) bond motifs is 1. The zero-order valence-electron chi connectivity index (χ0n) is 14.9. The minimum atomic E-state index is 0.156. The molecule has 1 aromatic carbocycles. The lowest BCUT2D eigenvalue weighted by Gasteiger charge is -2.25.